The van der Waals surface area contributed by atoms with Gasteiger partial charge in [0.15, 0.2) is 29.1 Å². The zero-order valence-electron chi connectivity index (χ0n) is 60.2. The molecule has 522 valence electrons. The summed E-state index contributed by atoms with van der Waals surface area (Å²) in [5.41, 5.74) is 17.6. The first-order valence-corrected chi connectivity index (χ1v) is 41.1. The van der Waals surface area contributed by atoms with Crippen molar-refractivity contribution >= 4 is 213 Å². The molecule has 0 amide bonds. The van der Waals surface area contributed by atoms with Crippen LogP contribution in [0.1, 0.15) is 11.1 Å². The quantitative estimate of drug-likeness (QED) is 0.152. The molecule has 0 spiro atoms. The molecule has 12 heteroatoms. The van der Waals surface area contributed by atoms with Gasteiger partial charge in [-0.2, -0.15) is 0 Å². The second-order valence-electron chi connectivity index (χ2n) is 29.5. The van der Waals surface area contributed by atoms with Crippen molar-refractivity contribution in [2.45, 2.75) is 13.8 Å². The van der Waals surface area contributed by atoms with Crippen molar-refractivity contribution in [1.29, 1.82) is 0 Å². The first kappa shape index (κ1) is 62.4. The van der Waals surface area contributed by atoms with E-state index in [9.17, 15) is 0 Å². The smallest absolute Gasteiger partial charge is 0.165 e. The van der Waals surface area contributed by atoms with E-state index in [2.05, 4.69) is 311 Å². The second kappa shape index (κ2) is 23.5. The Balaban J connectivity index is 0.963. The lowest BCUT2D eigenvalue weighted by molar-refractivity contribution is 0.965. The molecular weight excluding hydrogens is 1440 g/mol. The summed E-state index contributed by atoms with van der Waals surface area (Å²) in [5.74, 6) is 3.33. The molecule has 0 atom stereocenters. The number of para-hydroxylation sites is 4. The highest BCUT2D eigenvalue weighted by molar-refractivity contribution is 7.28. The lowest BCUT2D eigenvalue weighted by atomic mass is 9.98. The summed E-state index contributed by atoms with van der Waals surface area (Å²) < 4.78 is 20.3. The molecule has 0 radical (unpaired) electrons. The van der Waals surface area contributed by atoms with Gasteiger partial charge in [-0.05, 0) is 91.2 Å². The number of hydrogen-bond donors (Lipinski definition) is 0. The van der Waals surface area contributed by atoms with Gasteiger partial charge >= 0.3 is 0 Å². The average molecular weight is 1500 g/mol. The van der Waals surface area contributed by atoms with E-state index in [1.54, 1.807) is 0 Å². The van der Waals surface area contributed by atoms with Crippen molar-refractivity contribution in [3.05, 3.63) is 327 Å². The summed E-state index contributed by atoms with van der Waals surface area (Å²) in [7, 11) is 0. The number of fused-ring (bicyclic) bond motifs is 28. The highest BCUT2D eigenvalue weighted by Gasteiger charge is 2.36. The van der Waals surface area contributed by atoms with Gasteiger partial charge in [0, 0.05) is 127 Å². The Bertz CT molecular complexity index is 7950. The molecule has 0 fully saturated rings. The van der Waals surface area contributed by atoms with Crippen molar-refractivity contribution < 1.29 is 0 Å². The molecule has 15 aromatic carbocycles. The number of nitrogens with zero attached hydrogens (tertiary/aromatic N) is 8. The number of rotatable bonds is 8. The summed E-state index contributed by atoms with van der Waals surface area (Å²) in [6.07, 6.45) is 0. The van der Waals surface area contributed by atoms with Gasteiger partial charge in [-0.25, -0.2) is 19.9 Å². The van der Waals surface area contributed by atoms with Gasteiger partial charge in [-0.1, -0.05) is 255 Å². The minimum Gasteiger partial charge on any atom is -0.304 e. The second-order valence-corrected chi connectivity index (χ2v) is 33.7. The van der Waals surface area contributed by atoms with Crippen molar-refractivity contribution in [2.24, 2.45) is 0 Å². The summed E-state index contributed by atoms with van der Waals surface area (Å²) in [6.45, 7) is 4.62. The Hall–Kier alpha value is -13.5. The summed E-state index contributed by atoms with van der Waals surface area (Å²) in [5, 5.41) is 19.1. The normalized spacial score (nSPS) is 12.4. The Labute approximate surface area is 655 Å². The number of aromatic nitrogens is 8. The molecule has 0 aliphatic rings. The Kier molecular flexibility index (Phi) is 13.1. The van der Waals surface area contributed by atoms with Gasteiger partial charge in [0.2, 0.25) is 0 Å². The van der Waals surface area contributed by atoms with Crippen LogP contribution >= 0.6 is 45.3 Å². The zero-order valence-corrected chi connectivity index (χ0v) is 63.5. The predicted molar refractivity (Wildman–Crippen MR) is 478 cm³/mol. The van der Waals surface area contributed by atoms with Crippen LogP contribution in [0.3, 0.4) is 0 Å². The van der Waals surface area contributed by atoms with Gasteiger partial charge in [0.05, 0.1) is 62.9 Å². The molecule has 112 heavy (non-hydrogen) atoms. The van der Waals surface area contributed by atoms with Crippen LogP contribution in [-0.2, 0) is 0 Å². The van der Waals surface area contributed by atoms with E-state index in [-0.39, 0.29) is 0 Å². The minimum atomic E-state index is 0.570. The van der Waals surface area contributed by atoms with Crippen LogP contribution in [0, 0.1) is 13.8 Å². The lowest BCUT2D eigenvalue weighted by Gasteiger charge is -2.27. The van der Waals surface area contributed by atoms with E-state index in [0.717, 1.165) is 127 Å². The largest absolute Gasteiger partial charge is 0.304 e. The van der Waals surface area contributed by atoms with Crippen LogP contribution in [-0.4, -0.2) is 38.2 Å². The number of hydrogen-bond acceptors (Lipinski definition) is 8. The van der Waals surface area contributed by atoms with Gasteiger partial charge < -0.3 is 9.13 Å². The van der Waals surface area contributed by atoms with E-state index in [1.165, 1.54) is 103 Å². The molecule has 8 nitrogen and oxygen atoms in total. The third-order valence-corrected chi connectivity index (χ3v) is 28.2. The third kappa shape index (κ3) is 8.68. The van der Waals surface area contributed by atoms with Crippen LogP contribution in [0.5, 0.6) is 0 Å². The standard InChI is InChI=1S/C100H58N8S4/c1-55-53-73-63-31-11-17-37-75(63)105(88(73)94-83(55)71-35-15-23-43-81(71)111-94)90-85(57-45-47-60(48-46-57)98-102-96(58-25-5-3-6-26-58)101-97(103-98)59-27-7-4-8-28-59)91(106-76-38-18-12-32-64(76)74-54-56(2)84-72-36-16-24-44-82(72)112-95(84)89(74)106)100(108-78-40-20-10-30-62(78)68-50-52-70-66-34-14-22-42-80(66)110-93(70)87(68)108)104-99(90)107-77-39-19-9-29-61(77)67-49-51-69-65-33-13-21-41-79(65)109-92(69)86(67)107/h3-54H,1-2H3. The molecule has 0 aliphatic carbocycles. The fourth-order valence-corrected chi connectivity index (χ4v) is 23.8. The first-order chi connectivity index (χ1) is 55.4. The van der Waals surface area contributed by atoms with E-state index < -0.39 is 0 Å². The number of pyridine rings is 1. The molecule has 10 heterocycles. The fraction of sp³-hybridized carbons (Fsp3) is 0.0200. The molecule has 0 saturated carbocycles. The van der Waals surface area contributed by atoms with E-state index in [0.29, 0.717) is 17.5 Å². The maximum absolute atomic E-state index is 7.00. The van der Waals surface area contributed by atoms with Crippen LogP contribution in [0.25, 0.3) is 236 Å². The molecule has 25 rings (SSSR count). The van der Waals surface area contributed by atoms with Gasteiger partial charge in [0.25, 0.3) is 0 Å². The average Bonchev–Trinajstić information content (AvgIpc) is 1.53. The Morgan fingerprint density at radius 2 is 0.518 bits per heavy atom. The Morgan fingerprint density at radius 3 is 0.929 bits per heavy atom. The molecule has 0 saturated heterocycles. The molecule has 0 N–H and O–H groups in total. The fourth-order valence-electron chi connectivity index (χ4n) is 18.7. The van der Waals surface area contributed by atoms with Crippen LogP contribution < -0.4 is 0 Å². The van der Waals surface area contributed by atoms with Gasteiger partial charge in [-0.3, -0.25) is 9.13 Å². The van der Waals surface area contributed by atoms with E-state index in [4.69, 9.17) is 19.9 Å². The number of benzene rings is 15. The van der Waals surface area contributed by atoms with E-state index >= 15 is 0 Å². The molecular formula is C100H58N8S4. The molecule has 0 unspecified atom stereocenters. The van der Waals surface area contributed by atoms with Crippen molar-refractivity contribution in [3.8, 4) is 68.3 Å². The van der Waals surface area contributed by atoms with Gasteiger partial charge in [-0.15, -0.1) is 45.3 Å². The highest BCUT2D eigenvalue weighted by atomic mass is 32.1. The van der Waals surface area contributed by atoms with Crippen LogP contribution in [0.4, 0.5) is 0 Å². The topological polar surface area (TPSA) is 71.3 Å². The maximum atomic E-state index is 7.00. The number of aryl methyl sites for hydroxylation is 2. The van der Waals surface area contributed by atoms with Gasteiger partial charge in [0.1, 0.15) is 11.4 Å². The number of thiophene rings is 4. The summed E-state index contributed by atoms with van der Waals surface area (Å²) in [6, 6.07) is 117. The van der Waals surface area contributed by atoms with Crippen molar-refractivity contribution in [2.75, 3.05) is 0 Å². The SMILES string of the molecule is Cc1cc2c3ccccc3n(-c3c(-n4c5ccccc5c5ccc6c7ccccc7sc6c54)nc(-n4c5ccccc5c5ccc6c7ccccc7sc6c54)c(-n4c5ccccc5c5cc(C)c6c7ccccc7sc6c54)c3-c3ccc(-c4nc(-c5ccccc5)nc(-c5ccccc5)n4)cc3)c2c2sc3ccccc3c12. The first-order valence-electron chi connectivity index (χ1n) is 37.8. The van der Waals surface area contributed by atoms with Crippen LogP contribution in [0.15, 0.2) is 315 Å². The molecule has 0 bridgehead atoms. The van der Waals surface area contributed by atoms with Crippen molar-refractivity contribution in [3.63, 3.8) is 0 Å². The Morgan fingerprint density at radius 1 is 0.223 bits per heavy atom. The van der Waals surface area contributed by atoms with Crippen molar-refractivity contribution in [1.82, 2.24) is 38.2 Å². The lowest BCUT2D eigenvalue weighted by Crippen LogP contribution is -2.16. The van der Waals surface area contributed by atoms with E-state index in [1.807, 2.05) is 81.7 Å². The highest BCUT2D eigenvalue weighted by Crippen LogP contribution is 2.55. The zero-order chi connectivity index (χ0) is 73.3. The predicted octanol–water partition coefficient (Wildman–Crippen LogP) is 28.4. The minimum absolute atomic E-state index is 0.570. The van der Waals surface area contributed by atoms with Crippen LogP contribution in [0.2, 0.25) is 0 Å². The maximum Gasteiger partial charge on any atom is 0.165 e. The molecule has 10 aromatic heterocycles. The monoisotopic (exact) mass is 1500 g/mol. The summed E-state index contributed by atoms with van der Waals surface area (Å²) in [4.78, 5) is 23.0. The third-order valence-electron chi connectivity index (χ3n) is 23.4. The molecule has 25 aromatic rings. The molecule has 0 aliphatic heterocycles. The summed E-state index contributed by atoms with van der Waals surface area (Å²) >= 11 is 7.51.